The number of rotatable bonds is 6. The Bertz CT molecular complexity index is 1100. The van der Waals surface area contributed by atoms with Crippen LogP contribution in [0.15, 0.2) is 60.8 Å². The predicted octanol–water partition coefficient (Wildman–Crippen LogP) is 4.36. The highest BCUT2D eigenvalue weighted by Crippen LogP contribution is 2.30. The maximum atomic E-state index is 13.4. The molecule has 0 unspecified atom stereocenters. The number of fused-ring (bicyclic) bond motifs is 1. The molecular formula is C22H23FN2O2S. The van der Waals surface area contributed by atoms with Gasteiger partial charge in [0.25, 0.3) is 0 Å². The molecule has 2 aromatic carbocycles. The molecule has 28 heavy (non-hydrogen) atoms. The van der Waals surface area contributed by atoms with E-state index < -0.39 is 10.0 Å². The number of hydrogen-bond donors (Lipinski definition) is 1. The SMILES string of the molecule is O=S(=O)(CCCc1ccccc1)N1CC=C(c2c[nH]c3cc(F)ccc23)CC1. The van der Waals surface area contributed by atoms with Gasteiger partial charge in [0.15, 0.2) is 0 Å². The van der Waals surface area contributed by atoms with E-state index in [2.05, 4.69) is 4.98 Å². The molecule has 0 aliphatic carbocycles. The Hall–Kier alpha value is -2.44. The van der Waals surface area contributed by atoms with Gasteiger partial charge in [-0.1, -0.05) is 36.4 Å². The maximum absolute atomic E-state index is 13.4. The fourth-order valence-electron chi connectivity index (χ4n) is 3.74. The van der Waals surface area contributed by atoms with Crippen LogP contribution in [0.1, 0.15) is 24.0 Å². The van der Waals surface area contributed by atoms with Gasteiger partial charge in [-0.2, -0.15) is 4.31 Å². The Balaban J connectivity index is 1.41. The van der Waals surface area contributed by atoms with E-state index in [0.717, 1.165) is 34.0 Å². The smallest absolute Gasteiger partial charge is 0.214 e. The van der Waals surface area contributed by atoms with E-state index in [4.69, 9.17) is 0 Å². The predicted molar refractivity (Wildman–Crippen MR) is 111 cm³/mol. The minimum absolute atomic E-state index is 0.164. The Morgan fingerprint density at radius 2 is 1.93 bits per heavy atom. The first kappa shape index (κ1) is 18.9. The number of aromatic nitrogens is 1. The second kappa shape index (κ2) is 7.89. The van der Waals surface area contributed by atoms with Crippen molar-refractivity contribution in [1.82, 2.24) is 9.29 Å². The molecule has 0 saturated carbocycles. The van der Waals surface area contributed by atoms with Gasteiger partial charge in [0.2, 0.25) is 10.0 Å². The van der Waals surface area contributed by atoms with Crippen molar-refractivity contribution < 1.29 is 12.8 Å². The summed E-state index contributed by atoms with van der Waals surface area (Å²) >= 11 is 0. The van der Waals surface area contributed by atoms with Crippen molar-refractivity contribution in [2.24, 2.45) is 0 Å². The van der Waals surface area contributed by atoms with Crippen LogP contribution in [-0.4, -0.2) is 36.5 Å². The van der Waals surface area contributed by atoms with Crippen molar-refractivity contribution in [3.05, 3.63) is 77.7 Å². The molecule has 1 aliphatic heterocycles. The van der Waals surface area contributed by atoms with E-state index in [0.29, 0.717) is 25.9 Å². The highest BCUT2D eigenvalue weighted by atomic mass is 32.2. The lowest BCUT2D eigenvalue weighted by Gasteiger charge is -2.25. The van der Waals surface area contributed by atoms with Crippen molar-refractivity contribution >= 4 is 26.5 Å². The van der Waals surface area contributed by atoms with Crippen LogP contribution in [0.4, 0.5) is 4.39 Å². The number of aryl methyl sites for hydroxylation is 1. The molecule has 6 heteroatoms. The van der Waals surface area contributed by atoms with Crippen LogP contribution in [0.2, 0.25) is 0 Å². The number of nitrogens with one attached hydrogen (secondary N) is 1. The van der Waals surface area contributed by atoms with Gasteiger partial charge < -0.3 is 4.98 Å². The van der Waals surface area contributed by atoms with Crippen molar-refractivity contribution in [1.29, 1.82) is 0 Å². The topological polar surface area (TPSA) is 53.2 Å². The third kappa shape index (κ3) is 4.03. The molecule has 1 aromatic heterocycles. The average Bonchev–Trinajstić information content (AvgIpc) is 3.12. The Morgan fingerprint density at radius 1 is 1.11 bits per heavy atom. The van der Waals surface area contributed by atoms with Crippen LogP contribution in [0.3, 0.4) is 0 Å². The zero-order chi connectivity index (χ0) is 19.6. The highest BCUT2D eigenvalue weighted by Gasteiger charge is 2.24. The van der Waals surface area contributed by atoms with Crippen LogP contribution in [0.25, 0.3) is 16.5 Å². The number of nitrogens with zero attached hydrogens (tertiary/aromatic N) is 1. The van der Waals surface area contributed by atoms with E-state index in [1.54, 1.807) is 10.4 Å². The molecule has 146 valence electrons. The zero-order valence-corrected chi connectivity index (χ0v) is 16.4. The number of benzene rings is 2. The van der Waals surface area contributed by atoms with Crippen LogP contribution < -0.4 is 0 Å². The molecule has 0 spiro atoms. The molecule has 0 atom stereocenters. The summed E-state index contributed by atoms with van der Waals surface area (Å²) in [6.07, 6.45) is 5.89. The van der Waals surface area contributed by atoms with Gasteiger partial charge in [-0.3, -0.25) is 0 Å². The normalized spacial score (nSPS) is 15.7. The van der Waals surface area contributed by atoms with Gasteiger partial charge in [-0.05, 0) is 48.6 Å². The quantitative estimate of drug-likeness (QED) is 0.671. The molecule has 0 radical (unpaired) electrons. The van der Waals surface area contributed by atoms with Crippen LogP contribution in [-0.2, 0) is 16.4 Å². The van der Waals surface area contributed by atoms with Crippen LogP contribution in [0, 0.1) is 5.82 Å². The first-order valence-corrected chi connectivity index (χ1v) is 11.1. The number of sulfonamides is 1. The number of H-pyrrole nitrogens is 1. The minimum Gasteiger partial charge on any atom is -0.360 e. The third-order valence-corrected chi connectivity index (χ3v) is 7.19. The second-order valence-electron chi connectivity index (χ2n) is 7.13. The molecule has 1 N–H and O–H groups in total. The van der Waals surface area contributed by atoms with E-state index >= 15 is 0 Å². The number of hydrogen-bond acceptors (Lipinski definition) is 2. The van der Waals surface area contributed by atoms with Crippen molar-refractivity contribution in [2.75, 3.05) is 18.8 Å². The highest BCUT2D eigenvalue weighted by molar-refractivity contribution is 7.89. The lowest BCUT2D eigenvalue weighted by molar-refractivity contribution is 0.440. The molecular weight excluding hydrogens is 375 g/mol. The molecule has 1 aliphatic rings. The van der Waals surface area contributed by atoms with Gasteiger partial charge >= 0.3 is 0 Å². The Kier molecular flexibility index (Phi) is 5.33. The first-order chi connectivity index (χ1) is 13.5. The Labute approximate surface area is 164 Å². The monoisotopic (exact) mass is 398 g/mol. The van der Waals surface area contributed by atoms with Gasteiger partial charge in [-0.25, -0.2) is 12.8 Å². The lowest BCUT2D eigenvalue weighted by atomic mass is 10.00. The second-order valence-corrected chi connectivity index (χ2v) is 9.22. The van der Waals surface area contributed by atoms with E-state index in [1.807, 2.05) is 42.6 Å². The summed E-state index contributed by atoms with van der Waals surface area (Å²) in [6, 6.07) is 14.6. The van der Waals surface area contributed by atoms with E-state index in [-0.39, 0.29) is 11.6 Å². The standard InChI is InChI=1S/C22H23FN2O2S/c23-19-8-9-20-21(16-24-22(20)15-19)18-10-12-25(13-11-18)28(26,27)14-4-7-17-5-2-1-3-6-17/h1-3,5-6,8-10,15-16,24H,4,7,11-14H2. The van der Waals surface area contributed by atoms with Crippen LogP contribution >= 0.6 is 0 Å². The van der Waals surface area contributed by atoms with Crippen molar-refractivity contribution in [2.45, 2.75) is 19.3 Å². The number of aromatic amines is 1. The van der Waals surface area contributed by atoms with Crippen molar-refractivity contribution in [3.63, 3.8) is 0 Å². The minimum atomic E-state index is -3.26. The third-order valence-electron chi connectivity index (χ3n) is 5.27. The summed E-state index contributed by atoms with van der Waals surface area (Å²) in [4.78, 5) is 3.10. The summed E-state index contributed by atoms with van der Waals surface area (Å²) in [5.74, 6) is -0.108. The summed E-state index contributed by atoms with van der Waals surface area (Å²) in [6.45, 7) is 0.865. The van der Waals surface area contributed by atoms with Crippen molar-refractivity contribution in [3.8, 4) is 0 Å². The lowest BCUT2D eigenvalue weighted by Crippen LogP contribution is -2.36. The Morgan fingerprint density at radius 3 is 2.68 bits per heavy atom. The summed E-state index contributed by atoms with van der Waals surface area (Å²) in [5, 5.41) is 0.965. The maximum Gasteiger partial charge on any atom is 0.214 e. The molecule has 0 fully saturated rings. The summed E-state index contributed by atoms with van der Waals surface area (Å²) in [7, 11) is -3.26. The molecule has 2 heterocycles. The average molecular weight is 399 g/mol. The van der Waals surface area contributed by atoms with E-state index in [1.165, 1.54) is 12.1 Å². The summed E-state index contributed by atoms with van der Waals surface area (Å²) < 4.78 is 40.3. The first-order valence-electron chi connectivity index (χ1n) is 9.51. The molecule has 3 aromatic rings. The fraction of sp³-hybridized carbons (Fsp3) is 0.273. The largest absolute Gasteiger partial charge is 0.360 e. The van der Waals surface area contributed by atoms with Gasteiger partial charge in [0, 0.05) is 35.8 Å². The number of halogens is 1. The zero-order valence-electron chi connectivity index (χ0n) is 15.6. The molecule has 0 amide bonds. The molecule has 4 nitrogen and oxygen atoms in total. The van der Waals surface area contributed by atoms with Crippen LogP contribution in [0.5, 0.6) is 0 Å². The van der Waals surface area contributed by atoms with Gasteiger partial charge in [0.1, 0.15) is 5.82 Å². The molecule has 0 bridgehead atoms. The summed E-state index contributed by atoms with van der Waals surface area (Å²) in [5.41, 5.74) is 4.05. The van der Waals surface area contributed by atoms with Gasteiger partial charge in [0.05, 0.1) is 5.75 Å². The molecule has 0 saturated heterocycles. The molecule has 4 rings (SSSR count). The van der Waals surface area contributed by atoms with Gasteiger partial charge in [-0.15, -0.1) is 0 Å². The van der Waals surface area contributed by atoms with E-state index in [9.17, 15) is 12.8 Å². The fourth-order valence-corrected chi connectivity index (χ4v) is 5.18.